The van der Waals surface area contributed by atoms with Crippen LogP contribution in [0.25, 0.3) is 0 Å². The molecule has 0 aliphatic rings. The predicted octanol–water partition coefficient (Wildman–Crippen LogP) is 6.12. The molecule has 0 bridgehead atoms. The number of nitrogens with zero attached hydrogens (tertiary/aromatic N) is 2. The van der Waals surface area contributed by atoms with E-state index < -0.39 is 41.6 Å². The number of rotatable bonds is 6. The quantitative estimate of drug-likeness (QED) is 0.422. The maximum atomic E-state index is 14.4. The first-order chi connectivity index (χ1) is 15.0. The second kappa shape index (κ2) is 9.25. The Hall–Kier alpha value is -2.98. The summed E-state index contributed by atoms with van der Waals surface area (Å²) in [5.74, 6) is -5.29. The van der Waals surface area contributed by atoms with Crippen molar-refractivity contribution in [3.63, 3.8) is 0 Å². The van der Waals surface area contributed by atoms with Gasteiger partial charge in [0.2, 0.25) is 0 Å². The molecule has 1 heterocycles. The third-order valence-corrected chi connectivity index (χ3v) is 4.52. The zero-order chi connectivity index (χ0) is 23.5. The van der Waals surface area contributed by atoms with E-state index in [1.54, 1.807) is 0 Å². The highest BCUT2D eigenvalue weighted by atomic mass is 35.5. The molecule has 0 unspecified atom stereocenters. The van der Waals surface area contributed by atoms with Crippen LogP contribution in [0.15, 0.2) is 54.6 Å². The fourth-order valence-electron chi connectivity index (χ4n) is 2.52. The molecule has 3 rings (SSSR count). The van der Waals surface area contributed by atoms with Gasteiger partial charge in [-0.15, -0.1) is 10.2 Å². The van der Waals surface area contributed by atoms with E-state index in [2.05, 4.69) is 10.2 Å². The van der Waals surface area contributed by atoms with Gasteiger partial charge in [0.15, 0.2) is 5.15 Å². The minimum Gasteiger partial charge on any atom is -0.437 e. The molecule has 0 saturated carbocycles. The minimum atomic E-state index is -4.63. The van der Waals surface area contributed by atoms with Gasteiger partial charge < -0.3 is 10.1 Å². The van der Waals surface area contributed by atoms with Crippen molar-refractivity contribution in [2.75, 3.05) is 6.54 Å². The van der Waals surface area contributed by atoms with E-state index in [1.165, 1.54) is 18.2 Å². The lowest BCUT2D eigenvalue weighted by molar-refractivity contribution is -0.137. The Balaban J connectivity index is 1.80. The lowest BCUT2D eigenvalue weighted by Gasteiger charge is -2.18. The molecule has 0 fully saturated rings. The van der Waals surface area contributed by atoms with Gasteiger partial charge in [0.05, 0.1) is 12.1 Å². The molecule has 0 aliphatic carbocycles. The molecule has 1 N–H and O–H groups in total. The van der Waals surface area contributed by atoms with Crippen molar-refractivity contribution in [1.29, 1.82) is 0 Å². The Morgan fingerprint density at radius 1 is 0.938 bits per heavy atom. The van der Waals surface area contributed by atoms with Gasteiger partial charge >= 0.3 is 6.18 Å². The molecule has 1 aromatic heterocycles. The maximum absolute atomic E-state index is 14.4. The van der Waals surface area contributed by atoms with Crippen LogP contribution < -0.4 is 10.1 Å². The normalized spacial score (nSPS) is 11.8. The lowest BCUT2D eigenvalue weighted by atomic mass is 10.1. The Morgan fingerprint density at radius 3 is 2.28 bits per heavy atom. The summed E-state index contributed by atoms with van der Waals surface area (Å²) in [6, 6.07) is 9.58. The van der Waals surface area contributed by atoms with E-state index in [0.717, 1.165) is 30.3 Å². The van der Waals surface area contributed by atoms with E-state index in [0.29, 0.717) is 6.07 Å². The van der Waals surface area contributed by atoms with Crippen molar-refractivity contribution >= 4 is 29.1 Å². The number of hydrogen-bond donors (Lipinski definition) is 1. The molecule has 2 aromatic carbocycles. The number of aromatic nitrogens is 2. The highest BCUT2D eigenvalue weighted by molar-refractivity contribution is 6.30. The van der Waals surface area contributed by atoms with Crippen molar-refractivity contribution in [1.82, 2.24) is 15.5 Å². The van der Waals surface area contributed by atoms with Crippen LogP contribution in [0.1, 0.15) is 21.5 Å². The number of halogens is 7. The molecular weight excluding hydrogens is 480 g/mol. The van der Waals surface area contributed by atoms with Crippen molar-refractivity contribution in [2.45, 2.75) is 12.1 Å². The SMILES string of the molecule is O=C(NCC(F)(F)c1ccc(Cl)cc1)c1cc(Cl)nnc1Oc1cccc(C(F)(F)F)c1. The summed E-state index contributed by atoms with van der Waals surface area (Å²) in [7, 11) is 0. The third kappa shape index (κ3) is 5.83. The molecule has 0 spiro atoms. The molecule has 32 heavy (non-hydrogen) atoms. The molecule has 0 saturated heterocycles. The van der Waals surface area contributed by atoms with Crippen LogP contribution in [0.2, 0.25) is 10.2 Å². The summed E-state index contributed by atoms with van der Waals surface area (Å²) >= 11 is 11.4. The largest absolute Gasteiger partial charge is 0.437 e. The molecular formula is C20H12Cl2F5N3O2. The van der Waals surface area contributed by atoms with Gasteiger partial charge in [0.1, 0.15) is 11.3 Å². The number of amides is 1. The monoisotopic (exact) mass is 491 g/mol. The number of nitrogens with one attached hydrogen (secondary N) is 1. The molecule has 5 nitrogen and oxygen atoms in total. The van der Waals surface area contributed by atoms with Gasteiger partial charge in [0.25, 0.3) is 17.7 Å². The van der Waals surface area contributed by atoms with Crippen LogP contribution in [0.5, 0.6) is 11.6 Å². The molecule has 12 heteroatoms. The highest BCUT2D eigenvalue weighted by Crippen LogP contribution is 2.33. The first-order valence-electron chi connectivity index (χ1n) is 8.76. The molecule has 0 atom stereocenters. The summed E-state index contributed by atoms with van der Waals surface area (Å²) in [6.45, 7) is -1.09. The van der Waals surface area contributed by atoms with Crippen LogP contribution >= 0.6 is 23.2 Å². The van der Waals surface area contributed by atoms with E-state index in [1.807, 2.05) is 5.32 Å². The van der Waals surface area contributed by atoms with Gasteiger partial charge in [-0.1, -0.05) is 41.4 Å². The van der Waals surface area contributed by atoms with Crippen molar-refractivity contribution < 1.29 is 31.5 Å². The smallest absolute Gasteiger partial charge is 0.416 e. The van der Waals surface area contributed by atoms with Crippen LogP contribution in [-0.4, -0.2) is 22.6 Å². The molecule has 0 aliphatic heterocycles. The topological polar surface area (TPSA) is 64.1 Å². The van der Waals surface area contributed by atoms with Crippen LogP contribution in [0, 0.1) is 0 Å². The third-order valence-electron chi connectivity index (χ3n) is 4.09. The van der Waals surface area contributed by atoms with Crippen LogP contribution in [-0.2, 0) is 12.1 Å². The number of hydrogen-bond acceptors (Lipinski definition) is 4. The van der Waals surface area contributed by atoms with Gasteiger partial charge in [-0.25, -0.2) is 0 Å². The average Bonchev–Trinajstić information content (AvgIpc) is 2.73. The predicted molar refractivity (Wildman–Crippen MR) is 106 cm³/mol. The van der Waals surface area contributed by atoms with Gasteiger partial charge in [-0.2, -0.15) is 22.0 Å². The number of carbonyl (C=O) groups is 1. The number of ether oxygens (including phenoxy) is 1. The fourth-order valence-corrected chi connectivity index (χ4v) is 2.80. The second-order valence-electron chi connectivity index (χ2n) is 6.41. The standard InChI is InChI=1S/C20H12Cl2F5N3O2/c21-13-6-4-11(5-7-13)19(23,24)10-28-17(31)15-9-16(22)29-30-18(15)32-14-3-1-2-12(8-14)20(25,26)27/h1-9H,10H2,(H,28,31). The molecule has 1 amide bonds. The first kappa shape index (κ1) is 23.7. The zero-order valence-electron chi connectivity index (χ0n) is 15.8. The van der Waals surface area contributed by atoms with Crippen molar-refractivity contribution in [3.8, 4) is 11.6 Å². The van der Waals surface area contributed by atoms with Gasteiger partial charge in [-0.3, -0.25) is 4.79 Å². The summed E-state index contributed by atoms with van der Waals surface area (Å²) in [6.07, 6.45) is -4.63. The van der Waals surface area contributed by atoms with Crippen molar-refractivity contribution in [2.24, 2.45) is 0 Å². The van der Waals surface area contributed by atoms with Crippen LogP contribution in [0.3, 0.4) is 0 Å². The van der Waals surface area contributed by atoms with Gasteiger partial charge in [-0.05, 0) is 36.4 Å². The zero-order valence-corrected chi connectivity index (χ0v) is 17.3. The van der Waals surface area contributed by atoms with E-state index in [-0.39, 0.29) is 21.5 Å². The number of carbonyl (C=O) groups excluding carboxylic acids is 1. The molecule has 0 radical (unpaired) electrons. The Morgan fingerprint density at radius 2 is 1.62 bits per heavy atom. The Bertz CT molecular complexity index is 1120. The molecule has 168 valence electrons. The lowest BCUT2D eigenvalue weighted by Crippen LogP contribution is -2.35. The second-order valence-corrected chi connectivity index (χ2v) is 7.23. The van der Waals surface area contributed by atoms with Crippen molar-refractivity contribution in [3.05, 3.63) is 81.5 Å². The van der Waals surface area contributed by atoms with Gasteiger partial charge in [0, 0.05) is 10.6 Å². The van der Waals surface area contributed by atoms with Crippen LogP contribution in [0.4, 0.5) is 22.0 Å². The highest BCUT2D eigenvalue weighted by Gasteiger charge is 2.33. The van der Waals surface area contributed by atoms with E-state index in [4.69, 9.17) is 27.9 Å². The average molecular weight is 492 g/mol. The fraction of sp³-hybridized carbons (Fsp3) is 0.150. The van der Waals surface area contributed by atoms with E-state index in [9.17, 15) is 26.7 Å². The maximum Gasteiger partial charge on any atom is 0.416 e. The number of benzene rings is 2. The number of alkyl halides is 5. The minimum absolute atomic E-state index is 0.254. The summed E-state index contributed by atoms with van der Waals surface area (Å²) in [4.78, 5) is 12.5. The van der Waals surface area contributed by atoms with E-state index >= 15 is 0 Å². The first-order valence-corrected chi connectivity index (χ1v) is 9.52. The molecule has 3 aromatic rings. The summed E-state index contributed by atoms with van der Waals surface area (Å²) in [5.41, 5.74) is -1.77. The Labute approximate surface area is 188 Å². The summed E-state index contributed by atoms with van der Waals surface area (Å²) < 4.78 is 72.7. The Kier molecular flexibility index (Phi) is 6.85. The summed E-state index contributed by atoms with van der Waals surface area (Å²) in [5, 5.41) is 9.08.